The van der Waals surface area contributed by atoms with E-state index in [0.717, 1.165) is 12.3 Å². The summed E-state index contributed by atoms with van der Waals surface area (Å²) in [6.45, 7) is -0.0539. The first kappa shape index (κ1) is 16.0. The zero-order valence-corrected chi connectivity index (χ0v) is 11.6. The van der Waals surface area contributed by atoms with Gasteiger partial charge < -0.3 is 15.2 Å². The maximum absolute atomic E-state index is 12.5. The minimum atomic E-state index is -4.54. The lowest BCUT2D eigenvalue weighted by Crippen LogP contribution is -2.16. The minimum Gasteiger partial charge on any atom is -0.496 e. The molecule has 0 aliphatic heterocycles. The van der Waals surface area contributed by atoms with Crippen LogP contribution >= 0.6 is 0 Å². The summed E-state index contributed by atoms with van der Waals surface area (Å²) in [7, 11) is 1.47. The molecule has 0 saturated carbocycles. The fraction of sp³-hybridized carbons (Fsp3) is 0.286. The SMILES string of the molecule is COc1ccccc1[C@@H](O)CNc1nccc(C(F)(F)F)n1. The van der Waals surface area contributed by atoms with E-state index in [2.05, 4.69) is 15.3 Å². The zero-order chi connectivity index (χ0) is 16.2. The van der Waals surface area contributed by atoms with Crippen LogP contribution in [0.25, 0.3) is 0 Å². The van der Waals surface area contributed by atoms with E-state index >= 15 is 0 Å². The molecule has 1 aromatic carbocycles. The molecule has 1 atom stereocenters. The molecule has 118 valence electrons. The lowest BCUT2D eigenvalue weighted by Gasteiger charge is -2.15. The van der Waals surface area contributed by atoms with Crippen LogP contribution in [0.5, 0.6) is 5.75 Å². The summed E-state index contributed by atoms with van der Waals surface area (Å²) >= 11 is 0. The zero-order valence-electron chi connectivity index (χ0n) is 11.6. The van der Waals surface area contributed by atoms with E-state index in [0.29, 0.717) is 11.3 Å². The van der Waals surface area contributed by atoms with E-state index in [-0.39, 0.29) is 12.5 Å². The molecule has 22 heavy (non-hydrogen) atoms. The molecule has 0 fully saturated rings. The van der Waals surface area contributed by atoms with Gasteiger partial charge in [0.15, 0.2) is 0 Å². The van der Waals surface area contributed by atoms with E-state index in [4.69, 9.17) is 4.74 Å². The molecular weight excluding hydrogens is 299 g/mol. The summed E-state index contributed by atoms with van der Waals surface area (Å²) in [6, 6.07) is 7.60. The van der Waals surface area contributed by atoms with Crippen molar-refractivity contribution in [3.05, 3.63) is 47.8 Å². The maximum atomic E-state index is 12.5. The molecule has 0 bridgehead atoms. The van der Waals surface area contributed by atoms with Gasteiger partial charge in [-0.2, -0.15) is 13.2 Å². The number of ether oxygens (including phenoxy) is 1. The fourth-order valence-corrected chi connectivity index (χ4v) is 1.84. The van der Waals surface area contributed by atoms with Gasteiger partial charge in [-0.1, -0.05) is 18.2 Å². The third-order valence-corrected chi connectivity index (χ3v) is 2.90. The number of hydrogen-bond donors (Lipinski definition) is 2. The van der Waals surface area contributed by atoms with E-state index in [1.807, 2.05) is 0 Å². The third-order valence-electron chi connectivity index (χ3n) is 2.90. The highest BCUT2D eigenvalue weighted by Gasteiger charge is 2.32. The second kappa shape index (κ2) is 6.61. The van der Waals surface area contributed by atoms with Gasteiger partial charge in [-0.3, -0.25) is 0 Å². The Bertz CT molecular complexity index is 635. The lowest BCUT2D eigenvalue weighted by molar-refractivity contribution is -0.141. The van der Waals surface area contributed by atoms with Gasteiger partial charge in [0.05, 0.1) is 13.2 Å². The van der Waals surface area contributed by atoms with Crippen molar-refractivity contribution in [2.75, 3.05) is 19.0 Å². The van der Waals surface area contributed by atoms with Gasteiger partial charge in [0, 0.05) is 18.3 Å². The summed E-state index contributed by atoms with van der Waals surface area (Å²) < 4.78 is 42.8. The number of hydrogen-bond acceptors (Lipinski definition) is 5. The highest BCUT2D eigenvalue weighted by Crippen LogP contribution is 2.28. The number of benzene rings is 1. The molecule has 0 aliphatic carbocycles. The maximum Gasteiger partial charge on any atom is 0.433 e. The molecular formula is C14H14F3N3O2. The van der Waals surface area contributed by atoms with Gasteiger partial charge in [-0.25, -0.2) is 9.97 Å². The van der Waals surface area contributed by atoms with Gasteiger partial charge in [0.1, 0.15) is 11.4 Å². The van der Waals surface area contributed by atoms with Crippen LogP contribution in [0, 0.1) is 0 Å². The van der Waals surface area contributed by atoms with Crippen LogP contribution in [-0.4, -0.2) is 28.7 Å². The average Bonchev–Trinajstić information content (AvgIpc) is 2.52. The molecule has 1 aromatic heterocycles. The highest BCUT2D eigenvalue weighted by molar-refractivity contribution is 5.36. The normalized spacial score (nSPS) is 12.8. The standard InChI is InChI=1S/C14H14F3N3O2/c1-22-11-5-3-2-4-9(11)10(21)8-19-13-18-7-6-12(20-13)14(15,16)17/h2-7,10,21H,8H2,1H3,(H,18,19,20)/t10-/m0/s1. The number of aliphatic hydroxyl groups excluding tert-OH is 1. The van der Waals surface area contributed by atoms with Crippen LogP contribution in [0.15, 0.2) is 36.5 Å². The Kier molecular flexibility index (Phi) is 4.81. The predicted octanol–water partition coefficient (Wildman–Crippen LogP) is 2.65. The molecule has 1 heterocycles. The molecule has 0 unspecified atom stereocenters. The van der Waals surface area contributed by atoms with E-state index < -0.39 is 18.0 Å². The number of aliphatic hydroxyl groups is 1. The number of anilines is 1. The average molecular weight is 313 g/mol. The monoisotopic (exact) mass is 313 g/mol. The van der Waals surface area contributed by atoms with Crippen LogP contribution in [0.4, 0.5) is 19.1 Å². The van der Waals surface area contributed by atoms with Crippen LogP contribution in [0.3, 0.4) is 0 Å². The van der Waals surface area contributed by atoms with Crippen LogP contribution in [-0.2, 0) is 6.18 Å². The Labute approximate surface area is 124 Å². The Morgan fingerprint density at radius 1 is 1.27 bits per heavy atom. The molecule has 0 radical (unpaired) electrons. The summed E-state index contributed by atoms with van der Waals surface area (Å²) in [4.78, 5) is 7.06. The second-order valence-corrected chi connectivity index (χ2v) is 4.40. The summed E-state index contributed by atoms with van der Waals surface area (Å²) in [5.74, 6) is 0.283. The molecule has 0 aliphatic rings. The topological polar surface area (TPSA) is 67.3 Å². The number of nitrogens with one attached hydrogen (secondary N) is 1. The third kappa shape index (κ3) is 3.85. The molecule has 0 saturated heterocycles. The molecule has 0 spiro atoms. The van der Waals surface area contributed by atoms with Crippen LogP contribution < -0.4 is 10.1 Å². The number of para-hydroxylation sites is 1. The van der Waals surface area contributed by atoms with Gasteiger partial charge >= 0.3 is 6.18 Å². The highest BCUT2D eigenvalue weighted by atomic mass is 19.4. The van der Waals surface area contributed by atoms with Gasteiger partial charge in [0.2, 0.25) is 5.95 Å². The summed E-state index contributed by atoms with van der Waals surface area (Å²) in [5, 5.41) is 12.7. The van der Waals surface area contributed by atoms with Gasteiger partial charge in [-0.15, -0.1) is 0 Å². The van der Waals surface area contributed by atoms with Crippen LogP contribution in [0.2, 0.25) is 0 Å². The molecule has 2 aromatic rings. The van der Waals surface area contributed by atoms with E-state index in [9.17, 15) is 18.3 Å². The number of rotatable bonds is 5. The summed E-state index contributed by atoms with van der Waals surface area (Å²) in [5.41, 5.74) is -0.527. The second-order valence-electron chi connectivity index (χ2n) is 4.40. The largest absolute Gasteiger partial charge is 0.496 e. The number of halogens is 3. The van der Waals surface area contributed by atoms with Crippen molar-refractivity contribution >= 4 is 5.95 Å². The molecule has 0 amide bonds. The first-order valence-corrected chi connectivity index (χ1v) is 6.37. The molecule has 5 nitrogen and oxygen atoms in total. The Hall–Kier alpha value is -2.35. The predicted molar refractivity (Wildman–Crippen MR) is 73.5 cm³/mol. The lowest BCUT2D eigenvalue weighted by atomic mass is 10.1. The minimum absolute atomic E-state index is 0.0539. The quantitative estimate of drug-likeness (QED) is 0.888. The Morgan fingerprint density at radius 3 is 2.68 bits per heavy atom. The van der Waals surface area contributed by atoms with Crippen molar-refractivity contribution in [2.24, 2.45) is 0 Å². The first-order chi connectivity index (χ1) is 10.4. The van der Waals surface area contributed by atoms with Crippen molar-refractivity contribution in [3.8, 4) is 5.75 Å². The number of methoxy groups -OCH3 is 1. The first-order valence-electron chi connectivity index (χ1n) is 6.37. The van der Waals surface area contributed by atoms with Crippen molar-refractivity contribution in [1.29, 1.82) is 0 Å². The van der Waals surface area contributed by atoms with E-state index in [1.165, 1.54) is 7.11 Å². The fourth-order valence-electron chi connectivity index (χ4n) is 1.84. The molecule has 8 heteroatoms. The molecule has 2 N–H and O–H groups in total. The van der Waals surface area contributed by atoms with Crippen molar-refractivity contribution in [1.82, 2.24) is 9.97 Å². The Morgan fingerprint density at radius 2 is 2.00 bits per heavy atom. The van der Waals surface area contributed by atoms with Gasteiger partial charge in [0.25, 0.3) is 0 Å². The Balaban J connectivity index is 2.07. The summed E-state index contributed by atoms with van der Waals surface area (Å²) in [6.07, 6.45) is -4.51. The number of nitrogens with zero attached hydrogens (tertiary/aromatic N) is 2. The smallest absolute Gasteiger partial charge is 0.433 e. The van der Waals surface area contributed by atoms with E-state index in [1.54, 1.807) is 24.3 Å². The van der Waals surface area contributed by atoms with Crippen molar-refractivity contribution in [2.45, 2.75) is 12.3 Å². The number of aromatic nitrogens is 2. The van der Waals surface area contributed by atoms with Crippen molar-refractivity contribution in [3.63, 3.8) is 0 Å². The van der Waals surface area contributed by atoms with Crippen LogP contribution in [0.1, 0.15) is 17.4 Å². The number of alkyl halides is 3. The molecule has 2 rings (SSSR count). The van der Waals surface area contributed by atoms with Gasteiger partial charge in [-0.05, 0) is 12.1 Å². The van der Waals surface area contributed by atoms with Crippen molar-refractivity contribution < 1.29 is 23.0 Å².